The van der Waals surface area contributed by atoms with E-state index in [0.717, 1.165) is 36.9 Å². The van der Waals surface area contributed by atoms with E-state index in [-0.39, 0.29) is 0 Å². The Morgan fingerprint density at radius 3 is 2.87 bits per heavy atom. The Morgan fingerprint density at radius 2 is 2.13 bits per heavy atom. The smallest absolute Gasteiger partial charge is 0.144 e. The van der Waals surface area contributed by atoms with Gasteiger partial charge in [-0.15, -0.1) is 11.3 Å². The lowest BCUT2D eigenvalue weighted by molar-refractivity contribution is 0.0899. The van der Waals surface area contributed by atoms with Crippen LogP contribution in [0.3, 0.4) is 0 Å². The molecule has 5 rings (SSSR count). The van der Waals surface area contributed by atoms with E-state index in [9.17, 15) is 0 Å². The number of anilines is 1. The van der Waals surface area contributed by atoms with Gasteiger partial charge in [0.15, 0.2) is 0 Å². The van der Waals surface area contributed by atoms with Crippen LogP contribution >= 0.6 is 11.3 Å². The fraction of sp³-hybridized carbons (Fsp3) is 0.565. The fourth-order valence-electron chi connectivity index (χ4n) is 4.92. The van der Waals surface area contributed by atoms with Crippen LogP contribution in [0.4, 0.5) is 5.69 Å². The topological polar surface area (TPSA) is 55.2 Å². The molecule has 31 heavy (non-hydrogen) atoms. The number of nitrogens with one attached hydrogen (secondary N) is 1. The highest BCUT2D eigenvalue weighted by molar-refractivity contribution is 7.13. The summed E-state index contributed by atoms with van der Waals surface area (Å²) >= 11 is 1.69. The normalized spacial score (nSPS) is 21.7. The molecule has 0 unspecified atom stereocenters. The quantitative estimate of drug-likeness (QED) is 0.409. The Hall–Kier alpha value is -1.74. The first kappa shape index (κ1) is 21.1. The van der Waals surface area contributed by atoms with E-state index in [4.69, 9.17) is 9.72 Å². The number of hydrogen-bond acceptors (Lipinski definition) is 6. The van der Waals surface area contributed by atoms with Gasteiger partial charge in [0.25, 0.3) is 0 Å². The third-order valence-electron chi connectivity index (χ3n) is 6.65. The van der Waals surface area contributed by atoms with Gasteiger partial charge in [-0.1, -0.05) is 19.6 Å². The van der Waals surface area contributed by atoms with Crippen LogP contribution in [0, 0.1) is 0 Å². The summed E-state index contributed by atoms with van der Waals surface area (Å²) in [5, 5.41) is 8.09. The highest BCUT2D eigenvalue weighted by Crippen LogP contribution is 2.40. The van der Waals surface area contributed by atoms with E-state index in [0.29, 0.717) is 12.3 Å². The largest absolute Gasteiger partial charge is 0.369 e. The Morgan fingerprint density at radius 1 is 1.23 bits per heavy atom. The van der Waals surface area contributed by atoms with Crippen molar-refractivity contribution >= 4 is 36.1 Å². The predicted octanol–water partition coefficient (Wildman–Crippen LogP) is 4.80. The molecule has 2 aliphatic rings. The van der Waals surface area contributed by atoms with Gasteiger partial charge in [0.1, 0.15) is 17.4 Å². The molecule has 6 nitrogen and oxygen atoms in total. The van der Waals surface area contributed by atoms with Crippen molar-refractivity contribution in [2.75, 3.05) is 31.1 Å². The predicted molar refractivity (Wildman–Crippen MR) is 132 cm³/mol. The number of ether oxygens (including phenoxy) is 1. The van der Waals surface area contributed by atoms with Gasteiger partial charge in [-0.2, -0.15) is 0 Å². The van der Waals surface area contributed by atoms with Crippen LogP contribution in [0.25, 0.3) is 21.6 Å². The molecule has 5 heterocycles. The molecule has 0 radical (unpaired) electrons. The van der Waals surface area contributed by atoms with E-state index in [1.54, 1.807) is 11.3 Å². The summed E-state index contributed by atoms with van der Waals surface area (Å²) in [5.41, 5.74) is 3.74. The van der Waals surface area contributed by atoms with Gasteiger partial charge in [-0.3, -0.25) is 0 Å². The van der Waals surface area contributed by atoms with E-state index in [1.165, 1.54) is 41.9 Å². The number of nitrogens with zero attached hydrogens (tertiary/aromatic N) is 4. The average molecular weight is 456 g/mol. The van der Waals surface area contributed by atoms with Crippen LogP contribution in [0.2, 0.25) is 25.7 Å². The molecule has 8 heteroatoms. The Labute approximate surface area is 189 Å². The maximum Gasteiger partial charge on any atom is 0.144 e. The van der Waals surface area contributed by atoms with Crippen LogP contribution < -0.4 is 10.2 Å². The minimum atomic E-state index is -1.10. The molecule has 2 aliphatic heterocycles. The molecule has 3 aromatic rings. The van der Waals surface area contributed by atoms with Crippen molar-refractivity contribution in [1.82, 2.24) is 19.9 Å². The lowest BCUT2D eigenvalue weighted by Crippen LogP contribution is -2.42. The highest BCUT2D eigenvalue weighted by Gasteiger charge is 2.40. The van der Waals surface area contributed by atoms with Crippen molar-refractivity contribution in [2.24, 2.45) is 0 Å². The van der Waals surface area contributed by atoms with Crippen molar-refractivity contribution < 1.29 is 4.74 Å². The second kappa shape index (κ2) is 8.31. The standard InChI is InChI=1S/C23H33N5OSSi/c1-31(2,3)14-12-29-17-28-15-18(22-25-10-13-30-22)20-19(5-9-24-21(20)28)27-11-7-23(16-27)6-4-8-26-23/h5,9-10,13,15,26H,4,6-8,11-12,14,16-17H2,1-3H3/t23-/m1/s1. The third kappa shape index (κ3) is 4.31. The molecule has 0 aromatic carbocycles. The first-order valence-electron chi connectivity index (χ1n) is 11.4. The first-order valence-corrected chi connectivity index (χ1v) is 16.0. The van der Waals surface area contributed by atoms with Crippen molar-refractivity contribution in [1.29, 1.82) is 0 Å². The first-order chi connectivity index (χ1) is 14.9. The molecule has 0 amide bonds. The fourth-order valence-corrected chi connectivity index (χ4v) is 6.33. The molecule has 0 aliphatic carbocycles. The zero-order valence-corrected chi connectivity index (χ0v) is 20.7. The zero-order valence-electron chi connectivity index (χ0n) is 18.9. The highest BCUT2D eigenvalue weighted by atomic mass is 32.1. The van der Waals surface area contributed by atoms with Gasteiger partial charge in [0.05, 0.1) is 11.1 Å². The molecule has 0 saturated carbocycles. The van der Waals surface area contributed by atoms with E-state index in [1.807, 2.05) is 17.8 Å². The number of thiazole rings is 1. The second-order valence-corrected chi connectivity index (χ2v) is 16.7. The molecule has 3 aromatic heterocycles. The van der Waals surface area contributed by atoms with Crippen LogP contribution in [0.5, 0.6) is 0 Å². The lowest BCUT2D eigenvalue weighted by Gasteiger charge is -2.26. The molecule has 1 atom stereocenters. The molecule has 166 valence electrons. The molecule has 2 saturated heterocycles. The average Bonchev–Trinajstić information content (AvgIpc) is 3.53. The van der Waals surface area contributed by atoms with E-state index < -0.39 is 8.07 Å². The Bertz CT molecular complexity index is 1040. The van der Waals surface area contributed by atoms with Crippen molar-refractivity contribution in [3.05, 3.63) is 30.0 Å². The van der Waals surface area contributed by atoms with Crippen LogP contribution in [0.15, 0.2) is 30.0 Å². The number of hydrogen-bond donors (Lipinski definition) is 1. The minimum absolute atomic E-state index is 0.291. The van der Waals surface area contributed by atoms with Gasteiger partial charge in [0, 0.05) is 62.8 Å². The zero-order chi connectivity index (χ0) is 21.5. The summed E-state index contributed by atoms with van der Waals surface area (Å²) in [6.45, 7) is 11.8. The van der Waals surface area contributed by atoms with Gasteiger partial charge in [-0.25, -0.2) is 9.97 Å². The van der Waals surface area contributed by atoms with Gasteiger partial charge in [-0.05, 0) is 37.9 Å². The molecule has 0 bridgehead atoms. The summed E-state index contributed by atoms with van der Waals surface area (Å²) in [5.74, 6) is 0. The van der Waals surface area contributed by atoms with Gasteiger partial charge in [0.2, 0.25) is 0 Å². The Kier molecular flexibility index (Phi) is 5.66. The third-order valence-corrected chi connectivity index (χ3v) is 9.16. The van der Waals surface area contributed by atoms with Crippen LogP contribution in [-0.2, 0) is 11.5 Å². The maximum absolute atomic E-state index is 6.09. The SMILES string of the molecule is C[Si](C)(C)CCOCn1cc(-c2nccs2)c2c(N3CC[C@]4(CCCN4)C3)ccnc21. The molecular weight excluding hydrogens is 422 g/mol. The summed E-state index contributed by atoms with van der Waals surface area (Å²) in [6.07, 6.45) is 9.81. The maximum atomic E-state index is 6.09. The monoisotopic (exact) mass is 455 g/mol. The summed E-state index contributed by atoms with van der Waals surface area (Å²) in [6, 6.07) is 3.36. The number of pyridine rings is 1. The summed E-state index contributed by atoms with van der Waals surface area (Å²) in [7, 11) is -1.10. The van der Waals surface area contributed by atoms with Crippen molar-refractivity contribution in [2.45, 2.75) is 57.2 Å². The second-order valence-electron chi connectivity index (χ2n) is 10.2. The number of fused-ring (bicyclic) bond motifs is 1. The number of rotatable bonds is 7. The van der Waals surface area contributed by atoms with Crippen LogP contribution in [0.1, 0.15) is 19.3 Å². The minimum Gasteiger partial charge on any atom is -0.369 e. The van der Waals surface area contributed by atoms with Gasteiger partial charge < -0.3 is 19.5 Å². The number of aromatic nitrogens is 3. The molecule has 2 fully saturated rings. The summed E-state index contributed by atoms with van der Waals surface area (Å²) < 4.78 is 8.26. The molecule has 1 spiro atoms. The van der Waals surface area contributed by atoms with Crippen LogP contribution in [-0.4, -0.2) is 54.4 Å². The Balaban J connectivity index is 1.48. The summed E-state index contributed by atoms with van der Waals surface area (Å²) in [4.78, 5) is 12.0. The van der Waals surface area contributed by atoms with E-state index >= 15 is 0 Å². The van der Waals surface area contributed by atoms with Crippen molar-refractivity contribution in [3.63, 3.8) is 0 Å². The van der Waals surface area contributed by atoms with Crippen molar-refractivity contribution in [3.8, 4) is 10.6 Å². The lowest BCUT2D eigenvalue weighted by atomic mass is 9.97. The van der Waals surface area contributed by atoms with E-state index in [2.05, 4.69) is 51.7 Å². The molecule has 1 N–H and O–H groups in total. The molecular formula is C23H33N5OSSi. The van der Waals surface area contributed by atoms with Gasteiger partial charge >= 0.3 is 0 Å².